The predicted octanol–water partition coefficient (Wildman–Crippen LogP) is 8.63. The van der Waals surface area contributed by atoms with Gasteiger partial charge in [0.1, 0.15) is 0 Å². The van der Waals surface area contributed by atoms with Gasteiger partial charge >= 0.3 is 0 Å². The van der Waals surface area contributed by atoms with Crippen LogP contribution < -0.4 is 4.90 Å². The van der Waals surface area contributed by atoms with E-state index in [0.29, 0.717) is 0 Å². The van der Waals surface area contributed by atoms with E-state index in [1.807, 2.05) is 24.3 Å². The van der Waals surface area contributed by atoms with Crippen LogP contribution in [0.1, 0.15) is 0 Å². The van der Waals surface area contributed by atoms with Crippen LogP contribution in [0.5, 0.6) is 0 Å². The molecule has 0 fully saturated rings. The minimum absolute atomic E-state index is 0.721. The van der Waals surface area contributed by atoms with Gasteiger partial charge in [0.05, 0.1) is 0 Å². The van der Waals surface area contributed by atoms with E-state index in [-0.39, 0.29) is 0 Å². The number of para-hydroxylation sites is 1. The van der Waals surface area contributed by atoms with Gasteiger partial charge in [-0.25, -0.2) is 0 Å². The number of benzene rings is 5. The summed E-state index contributed by atoms with van der Waals surface area (Å²) in [4.78, 5) is 2.23. The Hall–Kier alpha value is -3.55. The number of rotatable bonds is 4. The minimum atomic E-state index is 0.721. The third kappa shape index (κ3) is 3.68. The quantitative estimate of drug-likeness (QED) is 0.289. The summed E-state index contributed by atoms with van der Waals surface area (Å²) in [6.45, 7) is 0. The van der Waals surface area contributed by atoms with Crippen molar-refractivity contribution in [1.82, 2.24) is 0 Å². The van der Waals surface area contributed by atoms with Gasteiger partial charge in [-0.2, -0.15) is 0 Å². The summed E-state index contributed by atoms with van der Waals surface area (Å²) in [6.07, 6.45) is 0. The first-order valence-corrected chi connectivity index (χ1v) is 10.4. The minimum Gasteiger partial charge on any atom is -0.310 e. The molecule has 144 valence electrons. The molecule has 5 aromatic rings. The van der Waals surface area contributed by atoms with Crippen LogP contribution in [-0.4, -0.2) is 0 Å². The van der Waals surface area contributed by atoms with E-state index in [0.717, 1.165) is 22.1 Å². The van der Waals surface area contributed by atoms with E-state index in [1.165, 1.54) is 21.9 Å². The lowest BCUT2D eigenvalue weighted by molar-refractivity contribution is 1.28. The summed E-state index contributed by atoms with van der Waals surface area (Å²) in [6, 6.07) is 42.1. The van der Waals surface area contributed by atoms with Crippen LogP contribution >= 0.6 is 11.6 Å². The number of halogens is 1. The van der Waals surface area contributed by atoms with Gasteiger partial charge in [-0.1, -0.05) is 84.4 Å². The van der Waals surface area contributed by atoms with Gasteiger partial charge in [-0.05, 0) is 70.4 Å². The SMILES string of the molecule is Clc1cccc(N(c2ccccc2)c2cccc(-c3ccc4ccccc4c3)c2)c1. The molecule has 0 aliphatic heterocycles. The maximum Gasteiger partial charge on any atom is 0.0476 e. The van der Waals surface area contributed by atoms with E-state index < -0.39 is 0 Å². The normalized spacial score (nSPS) is 10.8. The van der Waals surface area contributed by atoms with E-state index in [9.17, 15) is 0 Å². The van der Waals surface area contributed by atoms with Crippen molar-refractivity contribution in [2.75, 3.05) is 4.90 Å². The van der Waals surface area contributed by atoms with Gasteiger partial charge in [0.2, 0.25) is 0 Å². The highest BCUT2D eigenvalue weighted by Gasteiger charge is 2.13. The Kier molecular flexibility index (Phi) is 4.96. The number of fused-ring (bicyclic) bond motifs is 1. The molecule has 0 saturated heterocycles. The zero-order valence-electron chi connectivity index (χ0n) is 16.4. The molecule has 0 aliphatic rings. The van der Waals surface area contributed by atoms with Crippen LogP contribution in [0.4, 0.5) is 17.1 Å². The highest BCUT2D eigenvalue weighted by molar-refractivity contribution is 6.30. The Morgan fingerprint density at radius 3 is 1.87 bits per heavy atom. The van der Waals surface area contributed by atoms with Crippen molar-refractivity contribution in [1.29, 1.82) is 0 Å². The highest BCUT2D eigenvalue weighted by Crippen LogP contribution is 2.37. The molecule has 0 unspecified atom stereocenters. The maximum atomic E-state index is 6.32. The van der Waals surface area contributed by atoms with Gasteiger partial charge in [-0.3, -0.25) is 0 Å². The standard InChI is InChI=1S/C28H20ClN/c29-25-11-7-15-28(20-25)30(26-12-2-1-3-13-26)27-14-6-10-23(19-27)24-17-16-21-8-4-5-9-22(21)18-24/h1-20H. The van der Waals surface area contributed by atoms with Crippen LogP contribution in [-0.2, 0) is 0 Å². The van der Waals surface area contributed by atoms with Crippen molar-refractivity contribution in [3.8, 4) is 11.1 Å². The second-order valence-corrected chi connectivity index (χ2v) is 7.70. The molecule has 0 atom stereocenters. The van der Waals surface area contributed by atoms with Gasteiger partial charge in [0.25, 0.3) is 0 Å². The molecule has 0 N–H and O–H groups in total. The van der Waals surface area contributed by atoms with Crippen molar-refractivity contribution in [2.45, 2.75) is 0 Å². The topological polar surface area (TPSA) is 3.24 Å². The lowest BCUT2D eigenvalue weighted by Crippen LogP contribution is -2.09. The molecular formula is C28H20ClN. The second-order valence-electron chi connectivity index (χ2n) is 7.26. The Labute approximate surface area is 181 Å². The summed E-state index contributed by atoms with van der Waals surface area (Å²) in [5, 5.41) is 3.22. The molecule has 5 aromatic carbocycles. The molecule has 30 heavy (non-hydrogen) atoms. The van der Waals surface area contributed by atoms with Gasteiger partial charge in [0.15, 0.2) is 0 Å². The van der Waals surface area contributed by atoms with E-state index in [4.69, 9.17) is 11.6 Å². The second kappa shape index (κ2) is 8.06. The molecule has 5 rings (SSSR count). The lowest BCUT2D eigenvalue weighted by atomic mass is 10.0. The number of hydrogen-bond acceptors (Lipinski definition) is 1. The molecule has 0 bridgehead atoms. The monoisotopic (exact) mass is 405 g/mol. The number of nitrogens with zero attached hydrogens (tertiary/aromatic N) is 1. The smallest absolute Gasteiger partial charge is 0.0476 e. The fraction of sp³-hybridized carbons (Fsp3) is 0. The summed E-state index contributed by atoms with van der Waals surface area (Å²) in [7, 11) is 0. The lowest BCUT2D eigenvalue weighted by Gasteiger charge is -2.26. The third-order valence-electron chi connectivity index (χ3n) is 5.27. The first-order valence-electron chi connectivity index (χ1n) is 9.98. The zero-order chi connectivity index (χ0) is 20.3. The zero-order valence-corrected chi connectivity index (χ0v) is 17.1. The number of anilines is 3. The molecule has 0 aliphatic carbocycles. The molecule has 0 amide bonds. The molecule has 0 heterocycles. The molecule has 0 aromatic heterocycles. The third-order valence-corrected chi connectivity index (χ3v) is 5.50. The predicted molar refractivity (Wildman–Crippen MR) is 129 cm³/mol. The summed E-state index contributed by atoms with van der Waals surface area (Å²) in [5.74, 6) is 0. The molecule has 2 heteroatoms. The van der Waals surface area contributed by atoms with Crippen LogP contribution in [0, 0.1) is 0 Å². The number of hydrogen-bond donors (Lipinski definition) is 0. The van der Waals surface area contributed by atoms with Crippen molar-refractivity contribution < 1.29 is 0 Å². The van der Waals surface area contributed by atoms with Crippen LogP contribution in [0.3, 0.4) is 0 Å². The van der Waals surface area contributed by atoms with Crippen LogP contribution in [0.25, 0.3) is 21.9 Å². The van der Waals surface area contributed by atoms with Gasteiger partial charge in [0, 0.05) is 22.1 Å². The van der Waals surface area contributed by atoms with Gasteiger partial charge in [-0.15, -0.1) is 0 Å². The molecule has 0 saturated carbocycles. The van der Waals surface area contributed by atoms with Crippen molar-refractivity contribution in [3.05, 3.63) is 126 Å². The van der Waals surface area contributed by atoms with E-state index in [2.05, 4.69) is 102 Å². The Bertz CT molecular complexity index is 1310. The highest BCUT2D eigenvalue weighted by atomic mass is 35.5. The average molecular weight is 406 g/mol. The molecule has 0 spiro atoms. The van der Waals surface area contributed by atoms with E-state index >= 15 is 0 Å². The first-order chi connectivity index (χ1) is 14.8. The van der Waals surface area contributed by atoms with Gasteiger partial charge < -0.3 is 4.90 Å². The van der Waals surface area contributed by atoms with Crippen molar-refractivity contribution in [2.24, 2.45) is 0 Å². The van der Waals surface area contributed by atoms with Crippen molar-refractivity contribution in [3.63, 3.8) is 0 Å². The van der Waals surface area contributed by atoms with Crippen LogP contribution in [0.15, 0.2) is 121 Å². The Morgan fingerprint density at radius 1 is 0.433 bits per heavy atom. The largest absolute Gasteiger partial charge is 0.310 e. The first kappa shape index (κ1) is 18.5. The Balaban J connectivity index is 1.63. The van der Waals surface area contributed by atoms with Crippen LogP contribution in [0.2, 0.25) is 5.02 Å². The molecule has 1 nitrogen and oxygen atoms in total. The summed E-state index contributed by atoms with van der Waals surface area (Å²) < 4.78 is 0. The fourth-order valence-corrected chi connectivity index (χ4v) is 4.02. The molecular weight excluding hydrogens is 386 g/mol. The summed E-state index contributed by atoms with van der Waals surface area (Å²) >= 11 is 6.32. The van der Waals surface area contributed by atoms with Crippen molar-refractivity contribution >= 4 is 39.4 Å². The maximum absolute atomic E-state index is 6.32. The average Bonchev–Trinajstić information content (AvgIpc) is 2.80. The summed E-state index contributed by atoms with van der Waals surface area (Å²) in [5.41, 5.74) is 5.60. The Morgan fingerprint density at radius 2 is 1.07 bits per heavy atom. The van der Waals surface area contributed by atoms with E-state index in [1.54, 1.807) is 0 Å². The molecule has 0 radical (unpaired) electrons. The fourth-order valence-electron chi connectivity index (χ4n) is 3.83.